The van der Waals surface area contributed by atoms with Crippen LogP contribution in [0.1, 0.15) is 45.7 Å². The Morgan fingerprint density at radius 3 is 2.26 bits per heavy atom. The first-order valence-corrected chi connectivity index (χ1v) is 7.18. The molecule has 1 aromatic carbocycles. The van der Waals surface area contributed by atoms with Gasteiger partial charge >= 0.3 is 0 Å². The van der Waals surface area contributed by atoms with Crippen molar-refractivity contribution in [1.29, 1.82) is 0 Å². The second kappa shape index (κ2) is 6.42. The zero-order chi connectivity index (χ0) is 14.6. The summed E-state index contributed by atoms with van der Waals surface area (Å²) in [5.41, 5.74) is 2.61. The summed E-state index contributed by atoms with van der Waals surface area (Å²) < 4.78 is 6.19. The molecule has 0 aliphatic heterocycles. The van der Waals surface area contributed by atoms with E-state index in [0.29, 0.717) is 5.92 Å². The monoisotopic (exact) mass is 263 g/mol. The molecule has 0 amide bonds. The first-order valence-electron chi connectivity index (χ1n) is 7.18. The molecule has 2 nitrogen and oxygen atoms in total. The Kier molecular flexibility index (Phi) is 5.42. The predicted octanol–water partition coefficient (Wildman–Crippen LogP) is 4.09. The summed E-state index contributed by atoms with van der Waals surface area (Å²) >= 11 is 0. The Hall–Kier alpha value is -1.02. The maximum absolute atomic E-state index is 6.19. The van der Waals surface area contributed by atoms with Crippen LogP contribution in [-0.2, 0) is 0 Å². The fourth-order valence-electron chi connectivity index (χ4n) is 1.91. The summed E-state index contributed by atoms with van der Waals surface area (Å²) in [6, 6.07) is 6.36. The van der Waals surface area contributed by atoms with Crippen molar-refractivity contribution in [3.05, 3.63) is 29.3 Å². The van der Waals surface area contributed by atoms with Gasteiger partial charge in [0.2, 0.25) is 0 Å². The van der Waals surface area contributed by atoms with Crippen LogP contribution < -0.4 is 10.1 Å². The molecule has 0 radical (unpaired) electrons. The van der Waals surface area contributed by atoms with Gasteiger partial charge in [-0.05, 0) is 52.2 Å². The fraction of sp³-hybridized carbons (Fsp3) is 0.647. The third-order valence-electron chi connectivity index (χ3n) is 3.19. The van der Waals surface area contributed by atoms with Crippen molar-refractivity contribution in [2.24, 2.45) is 5.92 Å². The lowest BCUT2D eigenvalue weighted by Gasteiger charge is -2.28. The minimum absolute atomic E-state index is 0.124. The van der Waals surface area contributed by atoms with Gasteiger partial charge in [0.15, 0.2) is 0 Å². The maximum atomic E-state index is 6.19. The summed E-state index contributed by atoms with van der Waals surface area (Å²) in [6.45, 7) is 16.0. The van der Waals surface area contributed by atoms with Crippen molar-refractivity contribution in [3.8, 4) is 5.75 Å². The number of nitrogens with one attached hydrogen (secondary N) is 1. The topological polar surface area (TPSA) is 21.3 Å². The molecule has 1 rings (SSSR count). The number of benzene rings is 1. The van der Waals surface area contributed by atoms with Gasteiger partial charge < -0.3 is 10.1 Å². The Morgan fingerprint density at radius 2 is 1.79 bits per heavy atom. The van der Waals surface area contributed by atoms with Gasteiger partial charge in [-0.3, -0.25) is 0 Å². The highest BCUT2D eigenvalue weighted by Gasteiger charge is 2.19. The van der Waals surface area contributed by atoms with E-state index in [2.05, 4.69) is 72.0 Å². The number of hydrogen-bond donors (Lipinski definition) is 1. The molecule has 0 saturated carbocycles. The number of ether oxygens (including phenoxy) is 1. The molecule has 2 heteroatoms. The van der Waals surface area contributed by atoms with Crippen LogP contribution in [-0.4, -0.2) is 18.2 Å². The van der Waals surface area contributed by atoms with Crippen LogP contribution >= 0.6 is 0 Å². The van der Waals surface area contributed by atoms with Gasteiger partial charge in [-0.25, -0.2) is 0 Å². The van der Waals surface area contributed by atoms with E-state index in [1.54, 1.807) is 0 Å². The minimum atomic E-state index is 0.124. The van der Waals surface area contributed by atoms with Gasteiger partial charge in [0.25, 0.3) is 0 Å². The molecule has 1 atom stereocenters. The highest BCUT2D eigenvalue weighted by molar-refractivity contribution is 5.35. The number of hydrogen-bond acceptors (Lipinski definition) is 2. The summed E-state index contributed by atoms with van der Waals surface area (Å²) in [5, 5.41) is 3.53. The average molecular weight is 263 g/mol. The standard InChI is InChI=1S/C17H29NO/c1-12(2)16(11-18-17(5,6)7)19-15-9-8-13(3)10-14(15)4/h8-10,12,16,18H,11H2,1-7H3. The zero-order valence-corrected chi connectivity index (χ0v) is 13.5. The van der Waals surface area contributed by atoms with E-state index in [4.69, 9.17) is 4.74 Å². The van der Waals surface area contributed by atoms with E-state index >= 15 is 0 Å². The molecule has 0 spiro atoms. The lowest BCUT2D eigenvalue weighted by molar-refractivity contribution is 0.139. The van der Waals surface area contributed by atoms with E-state index in [1.165, 1.54) is 11.1 Å². The van der Waals surface area contributed by atoms with Crippen LogP contribution in [0.2, 0.25) is 0 Å². The summed E-state index contributed by atoms with van der Waals surface area (Å²) in [7, 11) is 0. The van der Waals surface area contributed by atoms with Gasteiger partial charge in [-0.15, -0.1) is 0 Å². The van der Waals surface area contributed by atoms with Gasteiger partial charge in [0, 0.05) is 12.1 Å². The van der Waals surface area contributed by atoms with Crippen molar-refractivity contribution in [1.82, 2.24) is 5.32 Å². The van der Waals surface area contributed by atoms with E-state index in [-0.39, 0.29) is 11.6 Å². The van der Waals surface area contributed by atoms with Crippen molar-refractivity contribution in [3.63, 3.8) is 0 Å². The second-order valence-electron chi connectivity index (χ2n) is 6.80. The molecule has 0 aromatic heterocycles. The van der Waals surface area contributed by atoms with Gasteiger partial charge in [-0.1, -0.05) is 31.5 Å². The van der Waals surface area contributed by atoms with Crippen LogP contribution in [0.15, 0.2) is 18.2 Å². The van der Waals surface area contributed by atoms with Crippen LogP contribution in [0.25, 0.3) is 0 Å². The number of aryl methyl sites for hydroxylation is 2. The lowest BCUT2D eigenvalue weighted by Crippen LogP contribution is -2.44. The first kappa shape index (κ1) is 16.0. The zero-order valence-electron chi connectivity index (χ0n) is 13.5. The highest BCUT2D eigenvalue weighted by Crippen LogP contribution is 2.22. The fourth-order valence-corrected chi connectivity index (χ4v) is 1.91. The molecule has 108 valence electrons. The molecule has 0 aliphatic rings. The third-order valence-corrected chi connectivity index (χ3v) is 3.19. The predicted molar refractivity (Wildman–Crippen MR) is 82.9 cm³/mol. The molecule has 0 fully saturated rings. The third kappa shape index (κ3) is 5.65. The molecular weight excluding hydrogens is 234 g/mol. The van der Waals surface area contributed by atoms with Crippen molar-refractivity contribution < 1.29 is 4.74 Å². The highest BCUT2D eigenvalue weighted by atomic mass is 16.5. The van der Waals surface area contributed by atoms with Gasteiger partial charge in [-0.2, -0.15) is 0 Å². The van der Waals surface area contributed by atoms with E-state index in [0.717, 1.165) is 12.3 Å². The van der Waals surface area contributed by atoms with Crippen LogP contribution in [0.5, 0.6) is 5.75 Å². The maximum Gasteiger partial charge on any atom is 0.122 e. The van der Waals surface area contributed by atoms with Gasteiger partial charge in [0.1, 0.15) is 11.9 Å². The first-order chi connectivity index (χ1) is 8.69. The quantitative estimate of drug-likeness (QED) is 0.863. The molecule has 1 N–H and O–H groups in total. The molecule has 0 bridgehead atoms. The van der Waals surface area contributed by atoms with Crippen LogP contribution in [0.3, 0.4) is 0 Å². The van der Waals surface area contributed by atoms with E-state index < -0.39 is 0 Å². The SMILES string of the molecule is Cc1ccc(OC(CNC(C)(C)C)C(C)C)c(C)c1. The summed E-state index contributed by atoms with van der Waals surface area (Å²) in [4.78, 5) is 0. The molecule has 1 unspecified atom stereocenters. The summed E-state index contributed by atoms with van der Waals surface area (Å²) in [5.74, 6) is 1.48. The Balaban J connectivity index is 2.73. The van der Waals surface area contributed by atoms with E-state index in [9.17, 15) is 0 Å². The smallest absolute Gasteiger partial charge is 0.122 e. The van der Waals surface area contributed by atoms with Crippen LogP contribution in [0.4, 0.5) is 0 Å². The Bertz CT molecular complexity index is 404. The van der Waals surface area contributed by atoms with Crippen molar-refractivity contribution in [2.75, 3.05) is 6.54 Å². The minimum Gasteiger partial charge on any atom is -0.489 e. The molecular formula is C17H29NO. The molecule has 19 heavy (non-hydrogen) atoms. The lowest BCUT2D eigenvalue weighted by atomic mass is 10.0. The largest absolute Gasteiger partial charge is 0.489 e. The molecule has 1 aromatic rings. The normalized spacial score (nSPS) is 13.7. The Morgan fingerprint density at radius 1 is 1.16 bits per heavy atom. The number of rotatable bonds is 5. The van der Waals surface area contributed by atoms with E-state index in [1.807, 2.05) is 0 Å². The molecule has 0 saturated heterocycles. The van der Waals surface area contributed by atoms with Crippen LogP contribution in [0, 0.1) is 19.8 Å². The summed E-state index contributed by atoms with van der Waals surface area (Å²) in [6.07, 6.45) is 0.195. The van der Waals surface area contributed by atoms with Crippen molar-refractivity contribution in [2.45, 2.75) is 60.1 Å². The van der Waals surface area contributed by atoms with Gasteiger partial charge in [0.05, 0.1) is 0 Å². The molecule has 0 heterocycles. The average Bonchev–Trinajstić information content (AvgIpc) is 2.24. The van der Waals surface area contributed by atoms with Crippen molar-refractivity contribution >= 4 is 0 Å². The molecule has 0 aliphatic carbocycles. The Labute approximate surface area is 118 Å². The second-order valence-corrected chi connectivity index (χ2v) is 6.80.